The van der Waals surface area contributed by atoms with Gasteiger partial charge in [0.15, 0.2) is 0 Å². The van der Waals surface area contributed by atoms with Crippen molar-refractivity contribution < 1.29 is 28.7 Å². The van der Waals surface area contributed by atoms with Crippen LogP contribution in [0.25, 0.3) is 0 Å². The molecule has 1 aromatic heterocycles. The van der Waals surface area contributed by atoms with Crippen LogP contribution < -0.4 is 16.0 Å². The van der Waals surface area contributed by atoms with Gasteiger partial charge in [-0.3, -0.25) is 9.59 Å². The van der Waals surface area contributed by atoms with E-state index in [-0.39, 0.29) is 36.9 Å². The first-order valence-corrected chi connectivity index (χ1v) is 9.29. The normalized spacial score (nSPS) is 16.2. The third-order valence-corrected chi connectivity index (χ3v) is 4.53. The van der Waals surface area contributed by atoms with Gasteiger partial charge in [0.25, 0.3) is 5.91 Å². The highest BCUT2D eigenvalue weighted by Gasteiger charge is 2.32. The second-order valence-electron chi connectivity index (χ2n) is 5.49. The molecule has 0 fully saturated rings. The highest BCUT2D eigenvalue weighted by Crippen LogP contribution is 2.17. The van der Waals surface area contributed by atoms with Crippen molar-refractivity contribution in [1.82, 2.24) is 16.0 Å². The topological polar surface area (TPSA) is 123 Å². The Labute approximate surface area is 160 Å². The number of nitrogens with one attached hydrogen (secondary N) is 3. The number of carbonyl (C=O) groups is 4. The summed E-state index contributed by atoms with van der Waals surface area (Å²) in [6.45, 7) is 3.01. The van der Waals surface area contributed by atoms with Crippen molar-refractivity contribution in [2.24, 2.45) is 0 Å². The molecule has 1 atom stereocenters. The molecule has 0 bridgehead atoms. The SMILES string of the molecule is CCOC(=O)C1=C(COC(=O)CNC(=O)c2cccs2)NC(=O)N[C@@H]1CC. The van der Waals surface area contributed by atoms with E-state index in [1.54, 1.807) is 31.4 Å². The number of hydrogen-bond donors (Lipinski definition) is 3. The third kappa shape index (κ3) is 5.55. The Morgan fingerprint density at radius 1 is 1.26 bits per heavy atom. The molecule has 3 amide bonds. The van der Waals surface area contributed by atoms with Crippen LogP contribution in [0.15, 0.2) is 28.8 Å². The van der Waals surface area contributed by atoms with Crippen LogP contribution in [0.2, 0.25) is 0 Å². The first kappa shape index (κ1) is 20.4. The summed E-state index contributed by atoms with van der Waals surface area (Å²) >= 11 is 1.25. The summed E-state index contributed by atoms with van der Waals surface area (Å²) in [7, 11) is 0. The van der Waals surface area contributed by atoms with Gasteiger partial charge < -0.3 is 25.4 Å². The van der Waals surface area contributed by atoms with Gasteiger partial charge in [0.05, 0.1) is 28.8 Å². The molecule has 0 saturated heterocycles. The number of urea groups is 1. The maximum absolute atomic E-state index is 12.2. The van der Waals surface area contributed by atoms with Gasteiger partial charge >= 0.3 is 18.0 Å². The Balaban J connectivity index is 1.98. The summed E-state index contributed by atoms with van der Waals surface area (Å²) in [5.74, 6) is -1.67. The lowest BCUT2D eigenvalue weighted by Gasteiger charge is -2.28. The van der Waals surface area contributed by atoms with Gasteiger partial charge in [-0.05, 0) is 24.8 Å². The molecular formula is C17H21N3O6S. The molecular weight excluding hydrogens is 374 g/mol. The largest absolute Gasteiger partial charge is 0.463 e. The van der Waals surface area contributed by atoms with Gasteiger partial charge in [0.2, 0.25) is 0 Å². The van der Waals surface area contributed by atoms with E-state index in [9.17, 15) is 19.2 Å². The Bertz CT molecular complexity index is 744. The van der Waals surface area contributed by atoms with Crippen molar-refractivity contribution in [2.75, 3.05) is 19.8 Å². The Hall–Kier alpha value is -2.88. The Morgan fingerprint density at radius 2 is 2.04 bits per heavy atom. The minimum atomic E-state index is -0.698. The van der Waals surface area contributed by atoms with Gasteiger partial charge in [-0.25, -0.2) is 9.59 Å². The van der Waals surface area contributed by atoms with Crippen molar-refractivity contribution in [3.63, 3.8) is 0 Å². The molecule has 0 saturated carbocycles. The van der Waals surface area contributed by atoms with E-state index in [0.29, 0.717) is 11.3 Å². The van der Waals surface area contributed by atoms with Gasteiger partial charge in [-0.1, -0.05) is 13.0 Å². The van der Waals surface area contributed by atoms with Crippen LogP contribution >= 0.6 is 11.3 Å². The molecule has 9 nitrogen and oxygen atoms in total. The molecule has 2 heterocycles. The van der Waals surface area contributed by atoms with Gasteiger partial charge in [0.1, 0.15) is 13.2 Å². The molecule has 0 radical (unpaired) electrons. The molecule has 27 heavy (non-hydrogen) atoms. The number of carbonyl (C=O) groups excluding carboxylic acids is 4. The standard InChI is InChI=1S/C17H21N3O6S/c1-3-10-14(16(23)25-4-2)11(20-17(24)19-10)9-26-13(21)8-18-15(22)12-6-5-7-27-12/h5-7,10H,3-4,8-9H2,1-2H3,(H,18,22)(H2,19,20,24)/t10-/m1/s1. The van der Waals surface area contributed by atoms with Crippen molar-refractivity contribution in [3.8, 4) is 0 Å². The first-order valence-electron chi connectivity index (χ1n) is 8.41. The van der Waals surface area contributed by atoms with Crippen LogP contribution in [0.4, 0.5) is 4.79 Å². The zero-order valence-electron chi connectivity index (χ0n) is 15.0. The van der Waals surface area contributed by atoms with Crippen molar-refractivity contribution in [2.45, 2.75) is 26.3 Å². The maximum Gasteiger partial charge on any atom is 0.338 e. The predicted molar refractivity (Wildman–Crippen MR) is 97.0 cm³/mol. The average molecular weight is 395 g/mol. The lowest BCUT2D eigenvalue weighted by atomic mass is 10.0. The molecule has 3 N–H and O–H groups in total. The second-order valence-corrected chi connectivity index (χ2v) is 6.44. The third-order valence-electron chi connectivity index (χ3n) is 3.66. The van der Waals surface area contributed by atoms with Gasteiger partial charge in [0, 0.05) is 0 Å². The number of rotatable bonds is 8. The van der Waals surface area contributed by atoms with Crippen molar-refractivity contribution in [3.05, 3.63) is 33.7 Å². The zero-order valence-corrected chi connectivity index (χ0v) is 15.8. The molecule has 146 valence electrons. The zero-order chi connectivity index (χ0) is 19.8. The smallest absolute Gasteiger partial charge is 0.338 e. The predicted octanol–water partition coefficient (Wildman–Crippen LogP) is 0.930. The molecule has 1 aliphatic heterocycles. The lowest BCUT2D eigenvalue weighted by Crippen LogP contribution is -2.51. The van der Waals surface area contributed by atoms with Crippen LogP contribution in [-0.4, -0.2) is 49.7 Å². The average Bonchev–Trinajstić information content (AvgIpc) is 3.18. The fourth-order valence-electron chi connectivity index (χ4n) is 2.43. The maximum atomic E-state index is 12.2. The molecule has 1 aromatic rings. The fraction of sp³-hybridized carbons (Fsp3) is 0.412. The molecule has 10 heteroatoms. The molecule has 0 unspecified atom stereocenters. The van der Waals surface area contributed by atoms with Gasteiger partial charge in [-0.2, -0.15) is 0 Å². The number of esters is 2. The monoisotopic (exact) mass is 395 g/mol. The molecule has 2 rings (SSSR count). The number of thiophene rings is 1. The Kier molecular flexibility index (Phi) is 7.35. The van der Waals surface area contributed by atoms with Crippen LogP contribution in [-0.2, 0) is 19.1 Å². The lowest BCUT2D eigenvalue weighted by molar-refractivity contribution is -0.142. The van der Waals surface area contributed by atoms with Crippen LogP contribution in [0, 0.1) is 0 Å². The minimum absolute atomic E-state index is 0.169. The summed E-state index contributed by atoms with van der Waals surface area (Å²) in [5.41, 5.74) is 0.386. The molecule has 0 aliphatic carbocycles. The van der Waals surface area contributed by atoms with Crippen LogP contribution in [0.1, 0.15) is 29.9 Å². The van der Waals surface area contributed by atoms with Gasteiger partial charge in [-0.15, -0.1) is 11.3 Å². The molecule has 0 aromatic carbocycles. The van der Waals surface area contributed by atoms with E-state index < -0.39 is 24.0 Å². The van der Waals surface area contributed by atoms with Crippen molar-refractivity contribution >= 4 is 35.2 Å². The summed E-state index contributed by atoms with van der Waals surface area (Å²) in [6.07, 6.45) is 0.468. The van der Waals surface area contributed by atoms with E-state index in [4.69, 9.17) is 9.47 Å². The van der Waals surface area contributed by atoms with Crippen LogP contribution in [0.5, 0.6) is 0 Å². The summed E-state index contributed by atoms with van der Waals surface area (Å²) in [4.78, 5) is 48.1. The summed E-state index contributed by atoms with van der Waals surface area (Å²) in [5, 5.41) is 9.30. The molecule has 1 aliphatic rings. The number of ether oxygens (including phenoxy) is 2. The van der Waals surface area contributed by atoms with Crippen molar-refractivity contribution in [1.29, 1.82) is 0 Å². The van der Waals surface area contributed by atoms with E-state index in [0.717, 1.165) is 0 Å². The number of amides is 3. The van der Waals surface area contributed by atoms with E-state index >= 15 is 0 Å². The second kappa shape index (κ2) is 9.72. The Morgan fingerprint density at radius 3 is 2.67 bits per heavy atom. The van der Waals surface area contributed by atoms with E-state index in [1.165, 1.54) is 11.3 Å². The highest BCUT2D eigenvalue weighted by molar-refractivity contribution is 7.12. The highest BCUT2D eigenvalue weighted by atomic mass is 32.1. The fourth-order valence-corrected chi connectivity index (χ4v) is 3.07. The van der Waals surface area contributed by atoms with Crippen LogP contribution in [0.3, 0.4) is 0 Å². The summed E-state index contributed by atoms with van der Waals surface area (Å²) < 4.78 is 10.1. The van der Waals surface area contributed by atoms with E-state index in [1.807, 2.05) is 0 Å². The first-order chi connectivity index (χ1) is 13.0. The van der Waals surface area contributed by atoms with E-state index in [2.05, 4.69) is 16.0 Å². The quantitative estimate of drug-likeness (QED) is 0.563. The summed E-state index contributed by atoms with van der Waals surface area (Å²) in [6, 6.07) is 2.33. The minimum Gasteiger partial charge on any atom is -0.463 e. The molecule has 0 spiro atoms. The number of hydrogen-bond acceptors (Lipinski definition) is 7.